The molecule has 0 aliphatic heterocycles. The van der Waals surface area contributed by atoms with Gasteiger partial charge in [0.2, 0.25) is 0 Å². The first-order valence-electron chi connectivity index (χ1n) is 8.34. The highest BCUT2D eigenvalue weighted by Gasteiger charge is 2.35. The Morgan fingerprint density at radius 1 is 1.00 bits per heavy atom. The van der Waals surface area contributed by atoms with Crippen molar-refractivity contribution in [2.45, 2.75) is 59.0 Å². The minimum Gasteiger partial charge on any atom is -0.480 e. The average Bonchev–Trinajstić information content (AvgIpc) is 2.44. The lowest BCUT2D eigenvalue weighted by molar-refractivity contribution is -0.138. The van der Waals surface area contributed by atoms with E-state index in [4.69, 9.17) is 19.6 Å². The van der Waals surface area contributed by atoms with Gasteiger partial charge in [-0.25, -0.2) is 0 Å². The van der Waals surface area contributed by atoms with E-state index in [0.717, 1.165) is 31.3 Å². The molecule has 25 heavy (non-hydrogen) atoms. The van der Waals surface area contributed by atoms with Crippen molar-refractivity contribution in [2.24, 2.45) is 0 Å². The van der Waals surface area contributed by atoms with Crippen LogP contribution in [-0.2, 0) is 14.1 Å². The monoisotopic (exact) mass is 374 g/mol. The largest absolute Gasteiger partial charge is 0.480 e. The average molecular weight is 374 g/mol. The number of ether oxygens (including phenoxy) is 1. The van der Waals surface area contributed by atoms with Crippen LogP contribution in [0.4, 0.5) is 0 Å². The van der Waals surface area contributed by atoms with Gasteiger partial charge in [0, 0.05) is 0 Å². The number of aliphatic carboxylic acids is 1. The van der Waals surface area contributed by atoms with Gasteiger partial charge in [0.25, 0.3) is 0 Å². The molecule has 0 aromatic carbocycles. The first-order valence-corrected chi connectivity index (χ1v) is 10.0. The molecule has 0 aliphatic carbocycles. The fourth-order valence-electron chi connectivity index (χ4n) is 2.03. The van der Waals surface area contributed by atoms with Crippen LogP contribution in [0.15, 0.2) is 34.9 Å². The van der Waals surface area contributed by atoms with E-state index in [0.29, 0.717) is 0 Å². The van der Waals surface area contributed by atoms with Crippen molar-refractivity contribution in [2.75, 3.05) is 13.2 Å². The van der Waals surface area contributed by atoms with Gasteiger partial charge in [0.1, 0.15) is 0 Å². The summed E-state index contributed by atoms with van der Waals surface area (Å²) in [5, 5.41) is 8.78. The zero-order valence-corrected chi connectivity index (χ0v) is 16.5. The quantitative estimate of drug-likeness (QED) is 0.270. The highest BCUT2D eigenvalue weighted by atomic mass is 31.2. The maximum atomic E-state index is 11.0. The molecule has 0 spiro atoms. The molecule has 0 rings (SSSR count). The number of carboxylic acid groups (broad SMARTS) is 1. The van der Waals surface area contributed by atoms with Gasteiger partial charge in [-0.1, -0.05) is 34.9 Å². The second kappa shape index (κ2) is 12.2. The molecule has 0 amide bonds. The molecule has 144 valence electrons. The third-order valence-corrected chi connectivity index (χ3v) is 4.82. The molecule has 0 radical (unpaired) electrons. The fourth-order valence-corrected chi connectivity index (χ4v) is 2.62. The molecule has 0 saturated heterocycles. The molecule has 1 atom stereocenters. The van der Waals surface area contributed by atoms with Crippen molar-refractivity contribution < 1.29 is 29.0 Å². The molecule has 0 fully saturated rings. The predicted octanol–water partition coefficient (Wildman–Crippen LogP) is 4.05. The van der Waals surface area contributed by atoms with Crippen LogP contribution < -0.4 is 0 Å². The van der Waals surface area contributed by atoms with Crippen molar-refractivity contribution in [3.05, 3.63) is 34.9 Å². The van der Waals surface area contributed by atoms with Gasteiger partial charge >= 0.3 is 13.6 Å². The number of carboxylic acids is 1. The van der Waals surface area contributed by atoms with Gasteiger partial charge in [0.05, 0.1) is 13.2 Å². The van der Waals surface area contributed by atoms with Crippen molar-refractivity contribution in [3.63, 3.8) is 0 Å². The minimum absolute atomic E-state index is 0.138. The van der Waals surface area contributed by atoms with Gasteiger partial charge in [-0.05, 0) is 53.4 Å². The summed E-state index contributed by atoms with van der Waals surface area (Å²) in [5.74, 6) is -1.55. The second-order valence-electron chi connectivity index (χ2n) is 6.44. The molecule has 3 N–H and O–H groups in total. The Bertz CT molecular complexity index is 552. The molecular formula is C18H31O6P. The summed E-state index contributed by atoms with van der Waals surface area (Å²) in [6, 6.07) is 0. The van der Waals surface area contributed by atoms with E-state index >= 15 is 0 Å². The maximum Gasteiger partial charge on any atom is 0.342 e. The third kappa shape index (κ3) is 12.8. The zero-order chi connectivity index (χ0) is 19.5. The number of hydrogen-bond donors (Lipinski definition) is 3. The lowest BCUT2D eigenvalue weighted by Gasteiger charge is -2.13. The Hall–Kier alpha value is -1.20. The molecular weight excluding hydrogens is 343 g/mol. The maximum absolute atomic E-state index is 11.0. The van der Waals surface area contributed by atoms with E-state index in [1.54, 1.807) is 0 Å². The molecule has 0 bridgehead atoms. The SMILES string of the molecule is CC(C)=CCCC(C)=CCCC(C)=CCOCC(C(=O)O)P(=O)(O)O. The van der Waals surface area contributed by atoms with Crippen LogP contribution in [0.2, 0.25) is 0 Å². The first kappa shape index (κ1) is 23.8. The van der Waals surface area contributed by atoms with E-state index in [2.05, 4.69) is 32.9 Å². The van der Waals surface area contributed by atoms with E-state index in [-0.39, 0.29) is 6.61 Å². The molecule has 0 aliphatic rings. The van der Waals surface area contributed by atoms with Gasteiger partial charge in [-0.2, -0.15) is 0 Å². The normalized spacial score (nSPS) is 14.3. The van der Waals surface area contributed by atoms with Crippen LogP contribution in [0.5, 0.6) is 0 Å². The van der Waals surface area contributed by atoms with Crippen molar-refractivity contribution in [3.8, 4) is 0 Å². The van der Waals surface area contributed by atoms with E-state index < -0.39 is 25.8 Å². The molecule has 0 aromatic heterocycles. The summed E-state index contributed by atoms with van der Waals surface area (Å²) < 4.78 is 16.1. The highest BCUT2D eigenvalue weighted by Crippen LogP contribution is 2.41. The summed E-state index contributed by atoms with van der Waals surface area (Å²) in [4.78, 5) is 28.7. The fraction of sp³-hybridized carbons (Fsp3) is 0.611. The number of carbonyl (C=O) groups is 1. The number of allylic oxidation sites excluding steroid dienone is 5. The predicted molar refractivity (Wildman–Crippen MR) is 99.7 cm³/mol. The number of rotatable bonds is 12. The summed E-state index contributed by atoms with van der Waals surface area (Å²) in [7, 11) is -4.70. The molecule has 7 heteroatoms. The lowest BCUT2D eigenvalue weighted by atomic mass is 10.1. The van der Waals surface area contributed by atoms with Gasteiger partial charge in [-0.15, -0.1) is 0 Å². The van der Waals surface area contributed by atoms with Crippen molar-refractivity contribution in [1.82, 2.24) is 0 Å². The molecule has 0 heterocycles. The topological polar surface area (TPSA) is 104 Å². The Balaban J connectivity index is 4.16. The van der Waals surface area contributed by atoms with Gasteiger partial charge < -0.3 is 19.6 Å². The summed E-state index contributed by atoms with van der Waals surface area (Å²) in [6.07, 6.45) is 10.1. The second-order valence-corrected chi connectivity index (χ2v) is 8.24. The first-order chi connectivity index (χ1) is 11.5. The Labute approximate surface area is 150 Å². The van der Waals surface area contributed by atoms with Crippen molar-refractivity contribution >= 4 is 13.6 Å². The molecule has 6 nitrogen and oxygen atoms in total. The Morgan fingerprint density at radius 2 is 1.52 bits per heavy atom. The zero-order valence-electron chi connectivity index (χ0n) is 15.6. The van der Waals surface area contributed by atoms with Gasteiger partial charge in [-0.3, -0.25) is 9.36 Å². The van der Waals surface area contributed by atoms with Crippen molar-refractivity contribution in [1.29, 1.82) is 0 Å². The minimum atomic E-state index is -4.70. The van der Waals surface area contributed by atoms with Crippen LogP contribution in [0, 0.1) is 0 Å². The molecule has 0 aromatic rings. The Morgan fingerprint density at radius 3 is 2.00 bits per heavy atom. The van der Waals surface area contributed by atoms with Crippen LogP contribution in [0.3, 0.4) is 0 Å². The van der Waals surface area contributed by atoms with Crippen LogP contribution in [-0.4, -0.2) is 39.7 Å². The van der Waals surface area contributed by atoms with Crippen LogP contribution >= 0.6 is 7.60 Å². The third-order valence-electron chi connectivity index (χ3n) is 3.64. The van der Waals surface area contributed by atoms with E-state index in [9.17, 15) is 9.36 Å². The summed E-state index contributed by atoms with van der Waals surface area (Å²) >= 11 is 0. The molecule has 1 unspecified atom stereocenters. The summed E-state index contributed by atoms with van der Waals surface area (Å²) in [5.41, 5.74) is 1.96. The van der Waals surface area contributed by atoms with Crippen LogP contribution in [0.1, 0.15) is 53.4 Å². The smallest absolute Gasteiger partial charge is 0.342 e. The summed E-state index contributed by atoms with van der Waals surface area (Å²) in [6.45, 7) is 7.88. The van der Waals surface area contributed by atoms with E-state index in [1.165, 1.54) is 11.1 Å². The molecule has 0 saturated carbocycles. The highest BCUT2D eigenvalue weighted by molar-refractivity contribution is 7.53. The number of hydrogen-bond acceptors (Lipinski definition) is 3. The Kier molecular flexibility index (Phi) is 11.6. The van der Waals surface area contributed by atoms with E-state index in [1.807, 2.05) is 13.0 Å². The van der Waals surface area contributed by atoms with Gasteiger partial charge in [0.15, 0.2) is 5.66 Å². The lowest BCUT2D eigenvalue weighted by Crippen LogP contribution is -2.26. The standard InChI is InChI=1S/C18H31O6P/c1-14(2)7-5-8-15(3)9-6-10-16(4)11-12-24-13-17(18(19)20)25(21,22)23/h7,9,11,17H,5-6,8,10,12-13H2,1-4H3,(H,19,20)(H2,21,22,23). The van der Waals surface area contributed by atoms with Crippen LogP contribution in [0.25, 0.3) is 0 Å².